The van der Waals surface area contributed by atoms with Crippen LogP contribution in [0.3, 0.4) is 0 Å². The van der Waals surface area contributed by atoms with E-state index in [-0.39, 0.29) is 0 Å². The normalized spacial score (nSPS) is 10.9. The van der Waals surface area contributed by atoms with Crippen LogP contribution in [-0.4, -0.2) is 64.6 Å². The predicted molar refractivity (Wildman–Crippen MR) is 117 cm³/mol. The maximum Gasteiger partial charge on any atom is 0.250 e. The van der Waals surface area contributed by atoms with Crippen molar-refractivity contribution in [2.45, 2.75) is 12.8 Å². The Balaban J connectivity index is 1.25. The summed E-state index contributed by atoms with van der Waals surface area (Å²) in [6, 6.07) is 5.79. The Morgan fingerprint density at radius 2 is 1.58 bits per heavy atom. The topological polar surface area (TPSA) is 140 Å². The molecule has 0 aliphatic carbocycles. The Morgan fingerprint density at radius 3 is 2.23 bits per heavy atom. The summed E-state index contributed by atoms with van der Waals surface area (Å²) < 4.78 is 11.0. The van der Waals surface area contributed by atoms with E-state index in [2.05, 4.69) is 41.0 Å². The van der Waals surface area contributed by atoms with Crippen molar-refractivity contribution in [3.63, 3.8) is 0 Å². The molecule has 4 rings (SSSR count). The third-order valence-electron chi connectivity index (χ3n) is 4.58. The Kier molecular flexibility index (Phi) is 6.05. The number of H-pyrrole nitrogens is 2. The summed E-state index contributed by atoms with van der Waals surface area (Å²) in [6.45, 7) is 1.35. The lowest BCUT2D eigenvalue weighted by molar-refractivity contribution is 0.512. The SMILES string of the molecule is CN(C)c1n[nH]c(NCCc2cc(N(C)c3n[nH]c(NCCc4ccco4)n3)co2)n1. The fourth-order valence-corrected chi connectivity index (χ4v) is 2.87. The van der Waals surface area contributed by atoms with Crippen molar-refractivity contribution in [2.24, 2.45) is 0 Å². The fourth-order valence-electron chi connectivity index (χ4n) is 2.87. The van der Waals surface area contributed by atoms with Gasteiger partial charge in [-0.3, -0.25) is 0 Å². The molecule has 12 nitrogen and oxygen atoms in total. The monoisotopic (exact) mass is 426 g/mol. The molecule has 12 heteroatoms. The van der Waals surface area contributed by atoms with Crippen molar-refractivity contribution in [1.82, 2.24) is 30.4 Å². The number of rotatable bonds is 11. The van der Waals surface area contributed by atoms with Gasteiger partial charge in [0.05, 0.1) is 12.0 Å². The molecule has 31 heavy (non-hydrogen) atoms. The minimum Gasteiger partial charge on any atom is -0.469 e. The molecule has 0 unspecified atom stereocenters. The van der Waals surface area contributed by atoms with Gasteiger partial charge in [0.15, 0.2) is 0 Å². The summed E-state index contributed by atoms with van der Waals surface area (Å²) in [5.41, 5.74) is 0.866. The lowest BCUT2D eigenvalue weighted by atomic mass is 10.3. The lowest BCUT2D eigenvalue weighted by Crippen LogP contribution is -2.11. The molecule has 0 saturated heterocycles. The second-order valence-electron chi connectivity index (χ2n) is 7.13. The number of nitrogens with one attached hydrogen (secondary N) is 4. The van der Waals surface area contributed by atoms with E-state index in [9.17, 15) is 0 Å². The third-order valence-corrected chi connectivity index (χ3v) is 4.58. The number of nitrogens with zero attached hydrogens (tertiary/aromatic N) is 6. The first kappa shape index (κ1) is 20.3. The van der Waals surface area contributed by atoms with E-state index < -0.39 is 0 Å². The predicted octanol–water partition coefficient (Wildman–Crippen LogP) is 2.25. The van der Waals surface area contributed by atoms with E-state index in [0.717, 1.165) is 23.6 Å². The van der Waals surface area contributed by atoms with Crippen LogP contribution >= 0.6 is 0 Å². The van der Waals surface area contributed by atoms with Crippen molar-refractivity contribution >= 4 is 29.5 Å². The molecule has 4 aromatic rings. The van der Waals surface area contributed by atoms with E-state index in [1.807, 2.05) is 49.1 Å². The van der Waals surface area contributed by atoms with E-state index in [0.29, 0.717) is 43.3 Å². The summed E-state index contributed by atoms with van der Waals surface area (Å²) in [5, 5.41) is 20.5. The molecule has 0 atom stereocenters. The molecule has 0 amide bonds. The minimum absolute atomic E-state index is 0.545. The summed E-state index contributed by atoms with van der Waals surface area (Å²) in [4.78, 5) is 12.5. The Morgan fingerprint density at radius 1 is 0.903 bits per heavy atom. The molecule has 0 aliphatic heterocycles. The molecule has 0 radical (unpaired) electrons. The van der Waals surface area contributed by atoms with Crippen LogP contribution in [0, 0.1) is 0 Å². The standard InChI is InChI=1S/C19H26N10O2/c1-28(2)18-22-16(24-26-18)21-9-7-15-11-13(12-31-15)29(3)19-23-17(25-27-19)20-8-6-14-5-4-10-30-14/h4-5,10-12H,6-9H2,1-3H3,(H2,20,23,25,27)(H2,21,22,24,26). The van der Waals surface area contributed by atoms with Gasteiger partial charge in [-0.15, -0.1) is 10.2 Å². The van der Waals surface area contributed by atoms with Crippen molar-refractivity contribution < 1.29 is 8.83 Å². The minimum atomic E-state index is 0.545. The van der Waals surface area contributed by atoms with Gasteiger partial charge in [0.25, 0.3) is 5.95 Å². The molecule has 0 bridgehead atoms. The lowest BCUT2D eigenvalue weighted by Gasteiger charge is -2.10. The molecule has 0 saturated carbocycles. The second kappa shape index (κ2) is 9.24. The number of hydrogen-bond donors (Lipinski definition) is 4. The summed E-state index contributed by atoms with van der Waals surface area (Å²) >= 11 is 0. The fraction of sp³-hybridized carbons (Fsp3) is 0.368. The average molecular weight is 426 g/mol. The third kappa shape index (κ3) is 5.15. The molecule has 4 heterocycles. The van der Waals surface area contributed by atoms with Crippen LogP contribution in [0.1, 0.15) is 11.5 Å². The van der Waals surface area contributed by atoms with Gasteiger partial charge in [-0.25, -0.2) is 10.2 Å². The zero-order valence-electron chi connectivity index (χ0n) is 17.7. The van der Waals surface area contributed by atoms with Crippen LogP contribution in [0.15, 0.2) is 39.6 Å². The maximum absolute atomic E-state index is 5.67. The van der Waals surface area contributed by atoms with Crippen molar-refractivity contribution in [3.8, 4) is 0 Å². The van der Waals surface area contributed by atoms with E-state index in [4.69, 9.17) is 8.83 Å². The van der Waals surface area contributed by atoms with E-state index in [1.54, 1.807) is 12.5 Å². The zero-order chi connectivity index (χ0) is 21.6. The van der Waals surface area contributed by atoms with E-state index in [1.165, 1.54) is 0 Å². The summed E-state index contributed by atoms with van der Waals surface area (Å²) in [7, 11) is 5.67. The Bertz CT molecular complexity index is 1070. The van der Waals surface area contributed by atoms with Gasteiger partial charge in [0, 0.05) is 53.1 Å². The average Bonchev–Trinajstić information content (AvgIpc) is 3.54. The smallest absolute Gasteiger partial charge is 0.250 e. The number of hydrogen-bond acceptors (Lipinski definition) is 10. The molecular weight excluding hydrogens is 400 g/mol. The molecular formula is C19H26N10O2. The molecule has 0 fully saturated rings. The maximum atomic E-state index is 5.67. The molecule has 164 valence electrons. The summed E-state index contributed by atoms with van der Waals surface area (Å²) in [5.74, 6) is 4.17. The largest absolute Gasteiger partial charge is 0.469 e. The highest BCUT2D eigenvalue weighted by Crippen LogP contribution is 2.23. The van der Waals surface area contributed by atoms with Crippen LogP contribution in [0.5, 0.6) is 0 Å². The van der Waals surface area contributed by atoms with Crippen molar-refractivity contribution in [2.75, 3.05) is 54.7 Å². The number of furan rings is 2. The Hall–Kier alpha value is -3.96. The van der Waals surface area contributed by atoms with E-state index >= 15 is 0 Å². The molecule has 0 spiro atoms. The first-order chi connectivity index (χ1) is 15.1. The highest BCUT2D eigenvalue weighted by atomic mass is 16.3. The van der Waals surface area contributed by atoms with Crippen molar-refractivity contribution in [3.05, 3.63) is 42.2 Å². The highest BCUT2D eigenvalue weighted by Gasteiger charge is 2.13. The second-order valence-corrected chi connectivity index (χ2v) is 7.13. The van der Waals surface area contributed by atoms with Gasteiger partial charge in [0.2, 0.25) is 17.8 Å². The van der Waals surface area contributed by atoms with Crippen LogP contribution in [0.25, 0.3) is 0 Å². The first-order valence-electron chi connectivity index (χ1n) is 9.92. The van der Waals surface area contributed by atoms with Gasteiger partial charge in [0.1, 0.15) is 17.8 Å². The van der Waals surface area contributed by atoms with Gasteiger partial charge < -0.3 is 29.3 Å². The zero-order valence-corrected chi connectivity index (χ0v) is 17.7. The van der Waals surface area contributed by atoms with Gasteiger partial charge in [-0.05, 0) is 12.1 Å². The number of aromatic nitrogens is 6. The first-order valence-corrected chi connectivity index (χ1v) is 9.92. The van der Waals surface area contributed by atoms with Gasteiger partial charge >= 0.3 is 0 Å². The number of anilines is 5. The van der Waals surface area contributed by atoms with Crippen LogP contribution < -0.4 is 20.4 Å². The quantitative estimate of drug-likeness (QED) is 0.282. The van der Waals surface area contributed by atoms with Crippen LogP contribution in [-0.2, 0) is 12.8 Å². The Labute approximate surface area is 179 Å². The summed E-state index contributed by atoms with van der Waals surface area (Å²) in [6.07, 6.45) is 4.82. The van der Waals surface area contributed by atoms with Gasteiger partial charge in [-0.2, -0.15) is 9.97 Å². The number of aromatic amines is 2. The molecule has 0 aromatic carbocycles. The molecule has 4 N–H and O–H groups in total. The highest BCUT2D eigenvalue weighted by molar-refractivity contribution is 5.56. The molecule has 4 aromatic heterocycles. The van der Waals surface area contributed by atoms with Crippen LogP contribution in [0.4, 0.5) is 29.5 Å². The van der Waals surface area contributed by atoms with Gasteiger partial charge in [-0.1, -0.05) is 0 Å². The van der Waals surface area contributed by atoms with Crippen LogP contribution in [0.2, 0.25) is 0 Å². The van der Waals surface area contributed by atoms with Crippen molar-refractivity contribution in [1.29, 1.82) is 0 Å². The molecule has 0 aliphatic rings.